The van der Waals surface area contributed by atoms with Gasteiger partial charge in [0.1, 0.15) is 0 Å². The fourth-order valence-corrected chi connectivity index (χ4v) is 5.07. The molecule has 0 unspecified atom stereocenters. The molecule has 3 rings (SSSR count). The smallest absolute Gasteiger partial charge is 0.243 e. The third-order valence-corrected chi connectivity index (χ3v) is 7.11. The molecule has 1 saturated heterocycles. The average molecular weight is 421 g/mol. The van der Waals surface area contributed by atoms with Gasteiger partial charge in [-0.15, -0.1) is 0 Å². The van der Waals surface area contributed by atoms with E-state index in [-0.39, 0.29) is 17.2 Å². The van der Waals surface area contributed by atoms with Gasteiger partial charge in [0.25, 0.3) is 0 Å². The Morgan fingerprint density at radius 1 is 1.04 bits per heavy atom. The molecule has 0 atom stereocenters. The molecule has 1 aliphatic heterocycles. The lowest BCUT2D eigenvalue weighted by atomic mass is 10.1. The van der Waals surface area contributed by atoms with Crippen molar-refractivity contribution in [3.63, 3.8) is 0 Å². The fourth-order valence-electron chi connectivity index (χ4n) is 3.34. The van der Waals surface area contributed by atoms with Gasteiger partial charge in [-0.1, -0.05) is 42.3 Å². The number of nitrogens with zero attached hydrogens (tertiary/aromatic N) is 2. The van der Waals surface area contributed by atoms with E-state index < -0.39 is 10.0 Å². The van der Waals surface area contributed by atoms with Gasteiger partial charge >= 0.3 is 0 Å². The first-order chi connectivity index (χ1) is 13.4. The molecule has 2 aromatic carbocycles. The van der Waals surface area contributed by atoms with E-state index in [1.165, 1.54) is 0 Å². The van der Waals surface area contributed by atoms with Crippen molar-refractivity contribution in [2.45, 2.75) is 37.1 Å². The largest absolute Gasteiger partial charge is 0.341 e. The van der Waals surface area contributed by atoms with Crippen LogP contribution in [0.5, 0.6) is 0 Å². The second-order valence-corrected chi connectivity index (χ2v) is 9.54. The summed E-state index contributed by atoms with van der Waals surface area (Å²) >= 11 is 5.99. The molecule has 0 aromatic heterocycles. The maximum absolute atomic E-state index is 12.7. The van der Waals surface area contributed by atoms with Crippen LogP contribution in [0.3, 0.4) is 0 Å². The third-order valence-electron chi connectivity index (χ3n) is 4.97. The summed E-state index contributed by atoms with van der Waals surface area (Å²) in [4.78, 5) is 14.4. The molecule has 0 bridgehead atoms. The van der Waals surface area contributed by atoms with E-state index in [2.05, 4.69) is 0 Å². The van der Waals surface area contributed by atoms with Gasteiger partial charge in [-0.3, -0.25) is 4.79 Å². The van der Waals surface area contributed by atoms with E-state index in [1.54, 1.807) is 46.6 Å². The number of amides is 1. The normalized spacial score (nSPS) is 15.4. The molecule has 2 aromatic rings. The minimum absolute atomic E-state index is 0.0355. The van der Waals surface area contributed by atoms with Crippen LogP contribution in [0, 0.1) is 0 Å². The minimum atomic E-state index is -3.44. The molecular weight excluding hydrogens is 396 g/mol. The van der Waals surface area contributed by atoms with E-state index in [9.17, 15) is 13.2 Å². The van der Waals surface area contributed by atoms with Crippen LogP contribution in [-0.2, 0) is 27.8 Å². The third kappa shape index (κ3) is 5.13. The molecule has 1 heterocycles. The number of carbonyl (C=O) groups is 1. The molecule has 28 heavy (non-hydrogen) atoms. The van der Waals surface area contributed by atoms with E-state index in [1.807, 2.05) is 18.2 Å². The van der Waals surface area contributed by atoms with Crippen molar-refractivity contribution in [3.8, 4) is 0 Å². The molecule has 0 N–H and O–H groups in total. The average Bonchev–Trinajstić information content (AvgIpc) is 2.69. The zero-order chi connectivity index (χ0) is 20.1. The van der Waals surface area contributed by atoms with E-state index in [0.29, 0.717) is 24.7 Å². The molecule has 150 valence electrons. The number of benzene rings is 2. The second-order valence-electron chi connectivity index (χ2n) is 7.17. The van der Waals surface area contributed by atoms with Crippen LogP contribution >= 0.6 is 11.6 Å². The number of piperidine rings is 1. The first-order valence-corrected chi connectivity index (χ1v) is 11.3. The van der Waals surface area contributed by atoms with Crippen LogP contribution in [0.4, 0.5) is 0 Å². The standard InChI is InChI=1S/C21H25ClN2O3S/c1-23(16-18-6-5-7-19(22)14-18)21(25)15-17-8-10-20(11-9-17)28(26,27)24-12-3-2-4-13-24/h5-11,14H,2-4,12-13,15-16H2,1H3. The van der Waals surface area contributed by atoms with E-state index in [4.69, 9.17) is 11.6 Å². The molecule has 1 amide bonds. The Balaban J connectivity index is 1.62. The molecular formula is C21H25ClN2O3S. The van der Waals surface area contributed by atoms with Crippen LogP contribution in [0.2, 0.25) is 5.02 Å². The zero-order valence-electron chi connectivity index (χ0n) is 16.0. The summed E-state index contributed by atoms with van der Waals surface area (Å²) in [7, 11) is -1.69. The van der Waals surface area contributed by atoms with Crippen molar-refractivity contribution in [3.05, 3.63) is 64.7 Å². The monoisotopic (exact) mass is 420 g/mol. The van der Waals surface area contributed by atoms with Crippen molar-refractivity contribution in [2.75, 3.05) is 20.1 Å². The van der Waals surface area contributed by atoms with Gasteiger partial charge in [-0.05, 0) is 48.2 Å². The topological polar surface area (TPSA) is 57.7 Å². The van der Waals surface area contributed by atoms with Crippen molar-refractivity contribution in [1.29, 1.82) is 0 Å². The number of halogens is 1. The van der Waals surface area contributed by atoms with Crippen molar-refractivity contribution in [2.24, 2.45) is 0 Å². The van der Waals surface area contributed by atoms with Crippen molar-refractivity contribution < 1.29 is 13.2 Å². The van der Waals surface area contributed by atoms with Gasteiger partial charge in [-0.25, -0.2) is 8.42 Å². The molecule has 0 radical (unpaired) electrons. The van der Waals surface area contributed by atoms with Crippen LogP contribution in [0.25, 0.3) is 0 Å². The summed E-state index contributed by atoms with van der Waals surface area (Å²) in [5.41, 5.74) is 1.76. The number of carbonyl (C=O) groups excluding carboxylic acids is 1. The number of hydrogen-bond donors (Lipinski definition) is 0. The molecule has 0 spiro atoms. The van der Waals surface area contributed by atoms with Crippen LogP contribution in [-0.4, -0.2) is 43.7 Å². The van der Waals surface area contributed by atoms with Crippen LogP contribution in [0.1, 0.15) is 30.4 Å². The van der Waals surface area contributed by atoms with Gasteiger partial charge in [-0.2, -0.15) is 4.31 Å². The van der Waals surface area contributed by atoms with E-state index in [0.717, 1.165) is 30.4 Å². The summed E-state index contributed by atoms with van der Waals surface area (Å²) in [5.74, 6) is -0.0355. The Morgan fingerprint density at radius 2 is 1.71 bits per heavy atom. The van der Waals surface area contributed by atoms with Gasteiger partial charge < -0.3 is 4.90 Å². The molecule has 7 heteroatoms. The van der Waals surface area contributed by atoms with Gasteiger partial charge in [0.15, 0.2) is 0 Å². The molecule has 1 aliphatic rings. The highest BCUT2D eigenvalue weighted by atomic mass is 35.5. The van der Waals surface area contributed by atoms with Crippen molar-refractivity contribution in [1.82, 2.24) is 9.21 Å². The lowest BCUT2D eigenvalue weighted by Gasteiger charge is -2.25. The van der Waals surface area contributed by atoms with Crippen LogP contribution < -0.4 is 0 Å². The maximum atomic E-state index is 12.7. The second kappa shape index (κ2) is 9.07. The SMILES string of the molecule is CN(Cc1cccc(Cl)c1)C(=O)Cc1ccc(S(=O)(=O)N2CCCCC2)cc1. The Labute approximate surface area is 172 Å². The molecule has 0 aliphatic carbocycles. The Kier molecular flexibility index (Phi) is 6.75. The molecule has 1 fully saturated rings. The highest BCUT2D eigenvalue weighted by Crippen LogP contribution is 2.21. The number of likely N-dealkylation sites (N-methyl/N-ethyl adjacent to an activating group) is 1. The molecule has 0 saturated carbocycles. The summed E-state index contributed by atoms with van der Waals surface area (Å²) < 4.78 is 27.0. The predicted octanol–water partition coefficient (Wildman–Crippen LogP) is 3.72. The summed E-state index contributed by atoms with van der Waals surface area (Å²) in [6.45, 7) is 1.63. The quantitative estimate of drug-likeness (QED) is 0.715. The molecule has 5 nitrogen and oxygen atoms in total. The summed E-state index contributed by atoms with van der Waals surface area (Å²) in [6, 6.07) is 14.1. The zero-order valence-corrected chi connectivity index (χ0v) is 17.5. The predicted molar refractivity (Wildman–Crippen MR) is 111 cm³/mol. The summed E-state index contributed by atoms with van der Waals surface area (Å²) in [5, 5.41) is 0.642. The number of rotatable bonds is 6. The van der Waals surface area contributed by atoms with Crippen LogP contribution in [0.15, 0.2) is 53.4 Å². The highest BCUT2D eigenvalue weighted by Gasteiger charge is 2.25. The van der Waals surface area contributed by atoms with Crippen molar-refractivity contribution >= 4 is 27.5 Å². The lowest BCUT2D eigenvalue weighted by Crippen LogP contribution is -2.35. The summed E-state index contributed by atoms with van der Waals surface area (Å²) in [6.07, 6.45) is 3.12. The number of hydrogen-bond acceptors (Lipinski definition) is 3. The maximum Gasteiger partial charge on any atom is 0.243 e. The van der Waals surface area contributed by atoms with Gasteiger partial charge in [0, 0.05) is 31.7 Å². The Bertz CT molecular complexity index is 923. The first-order valence-electron chi connectivity index (χ1n) is 9.44. The fraction of sp³-hybridized carbons (Fsp3) is 0.381. The highest BCUT2D eigenvalue weighted by molar-refractivity contribution is 7.89. The Hall–Kier alpha value is -1.89. The Morgan fingerprint density at radius 3 is 2.36 bits per heavy atom. The number of sulfonamides is 1. The first kappa shape index (κ1) is 20.8. The van der Waals surface area contributed by atoms with Gasteiger partial charge in [0.05, 0.1) is 11.3 Å². The van der Waals surface area contributed by atoms with E-state index >= 15 is 0 Å². The lowest BCUT2D eigenvalue weighted by molar-refractivity contribution is -0.129. The minimum Gasteiger partial charge on any atom is -0.341 e. The van der Waals surface area contributed by atoms with Gasteiger partial charge in [0.2, 0.25) is 15.9 Å².